The van der Waals surface area contributed by atoms with E-state index in [1.807, 2.05) is 0 Å². The predicted octanol–water partition coefficient (Wildman–Crippen LogP) is 1.20. The van der Waals surface area contributed by atoms with Gasteiger partial charge in [0.05, 0.1) is 30.7 Å². The van der Waals surface area contributed by atoms with Crippen molar-refractivity contribution in [3.05, 3.63) is 18.1 Å². The monoisotopic (exact) mass is 248 g/mol. The van der Waals surface area contributed by atoms with Crippen LogP contribution in [0.2, 0.25) is 0 Å². The molecule has 2 aliphatic heterocycles. The molecule has 1 amide bonds. The summed E-state index contributed by atoms with van der Waals surface area (Å²) in [6.45, 7) is 2.06. The molecule has 6 nitrogen and oxygen atoms in total. The number of hydrogen-bond donors (Lipinski definition) is 0. The van der Waals surface area contributed by atoms with Gasteiger partial charge in [0.25, 0.3) is 0 Å². The molecule has 3 heterocycles. The van der Waals surface area contributed by atoms with Crippen molar-refractivity contribution >= 4 is 11.9 Å². The second kappa shape index (κ2) is 4.53. The number of anilines is 1. The van der Waals surface area contributed by atoms with E-state index >= 15 is 0 Å². The third-order valence-corrected chi connectivity index (χ3v) is 3.54. The van der Waals surface area contributed by atoms with Crippen LogP contribution in [0, 0.1) is 0 Å². The van der Waals surface area contributed by atoms with E-state index in [1.54, 1.807) is 12.4 Å². The van der Waals surface area contributed by atoms with Gasteiger partial charge in [0.1, 0.15) is 6.61 Å². The van der Waals surface area contributed by atoms with Gasteiger partial charge in [-0.15, -0.1) is 0 Å². The molecular formula is C12H16N4O2. The minimum absolute atomic E-state index is 0.316. The van der Waals surface area contributed by atoms with Crippen molar-refractivity contribution in [3.8, 4) is 0 Å². The van der Waals surface area contributed by atoms with Gasteiger partial charge in [-0.2, -0.15) is 0 Å². The fourth-order valence-corrected chi connectivity index (χ4v) is 2.55. The molecule has 1 unspecified atom stereocenters. The molecule has 0 bridgehead atoms. The van der Waals surface area contributed by atoms with Crippen LogP contribution in [0.1, 0.15) is 24.6 Å². The number of rotatable bonds is 2. The molecular weight excluding hydrogens is 232 g/mol. The highest BCUT2D eigenvalue weighted by Gasteiger charge is 2.28. The Labute approximate surface area is 106 Å². The molecule has 0 N–H and O–H groups in total. The third-order valence-electron chi connectivity index (χ3n) is 3.54. The zero-order valence-corrected chi connectivity index (χ0v) is 10.4. The number of amides is 1. The molecule has 18 heavy (non-hydrogen) atoms. The number of carbonyl (C=O) groups is 1. The molecule has 6 heteroatoms. The lowest BCUT2D eigenvalue weighted by molar-refractivity contribution is 0.181. The quantitative estimate of drug-likeness (QED) is 0.787. The first-order chi connectivity index (χ1) is 8.75. The van der Waals surface area contributed by atoms with Gasteiger partial charge < -0.3 is 4.74 Å². The van der Waals surface area contributed by atoms with E-state index in [-0.39, 0.29) is 6.09 Å². The summed E-state index contributed by atoms with van der Waals surface area (Å²) in [5.41, 5.74) is 0.937. The Bertz CT molecular complexity index is 465. The molecule has 3 rings (SSSR count). The Morgan fingerprint density at radius 1 is 1.39 bits per heavy atom. The molecule has 1 aromatic heterocycles. The summed E-state index contributed by atoms with van der Waals surface area (Å²) in [6.07, 6.45) is 5.35. The summed E-state index contributed by atoms with van der Waals surface area (Å²) in [7, 11) is 2.09. The largest absolute Gasteiger partial charge is 0.447 e. The normalized spacial score (nSPS) is 24.6. The van der Waals surface area contributed by atoms with Crippen molar-refractivity contribution in [3.63, 3.8) is 0 Å². The van der Waals surface area contributed by atoms with Crippen LogP contribution in [0.4, 0.5) is 10.6 Å². The average Bonchev–Trinajstić information content (AvgIpc) is 2.98. The van der Waals surface area contributed by atoms with Crippen molar-refractivity contribution in [1.82, 2.24) is 14.9 Å². The van der Waals surface area contributed by atoms with Crippen molar-refractivity contribution in [2.24, 2.45) is 0 Å². The van der Waals surface area contributed by atoms with Gasteiger partial charge in [0, 0.05) is 0 Å². The van der Waals surface area contributed by atoms with Gasteiger partial charge >= 0.3 is 6.09 Å². The zero-order chi connectivity index (χ0) is 12.5. The van der Waals surface area contributed by atoms with Gasteiger partial charge in [0.2, 0.25) is 0 Å². The Hall–Kier alpha value is -1.69. The van der Waals surface area contributed by atoms with Crippen LogP contribution in [0.25, 0.3) is 0 Å². The molecule has 2 saturated heterocycles. The molecule has 0 radical (unpaired) electrons. The van der Waals surface area contributed by atoms with Gasteiger partial charge in [-0.1, -0.05) is 0 Å². The van der Waals surface area contributed by atoms with Crippen LogP contribution in [0.15, 0.2) is 12.4 Å². The van der Waals surface area contributed by atoms with E-state index < -0.39 is 0 Å². The SMILES string of the molecule is CN1CCCC1c1cncc(N2CCOC2=O)n1. The van der Waals surface area contributed by atoms with Crippen LogP contribution >= 0.6 is 0 Å². The Kier molecular flexibility index (Phi) is 2.87. The Morgan fingerprint density at radius 2 is 2.28 bits per heavy atom. The Balaban J connectivity index is 1.87. The smallest absolute Gasteiger partial charge is 0.415 e. The first-order valence-electron chi connectivity index (χ1n) is 6.22. The molecule has 1 aromatic rings. The van der Waals surface area contributed by atoms with Crippen LogP contribution in [0.3, 0.4) is 0 Å². The maximum Gasteiger partial charge on any atom is 0.415 e. The zero-order valence-electron chi connectivity index (χ0n) is 10.4. The maximum absolute atomic E-state index is 11.5. The first kappa shape index (κ1) is 11.4. The van der Waals surface area contributed by atoms with Crippen LogP contribution in [-0.2, 0) is 4.74 Å². The molecule has 0 aliphatic carbocycles. The lowest BCUT2D eigenvalue weighted by atomic mass is 10.1. The molecule has 96 valence electrons. The summed E-state index contributed by atoms with van der Waals surface area (Å²) in [5, 5.41) is 0. The maximum atomic E-state index is 11.5. The van der Waals surface area contributed by atoms with Gasteiger partial charge in [-0.05, 0) is 26.4 Å². The summed E-state index contributed by atoms with van der Waals surface area (Å²) in [6, 6.07) is 0.316. The van der Waals surface area contributed by atoms with Crippen molar-refractivity contribution in [2.45, 2.75) is 18.9 Å². The highest BCUT2D eigenvalue weighted by atomic mass is 16.6. The fraction of sp³-hybridized carbons (Fsp3) is 0.583. The molecule has 0 aromatic carbocycles. The minimum atomic E-state index is -0.332. The lowest BCUT2D eigenvalue weighted by Crippen LogP contribution is -2.26. The number of ether oxygens (including phenoxy) is 1. The third kappa shape index (κ3) is 1.92. The number of cyclic esters (lactones) is 1. The van der Waals surface area contributed by atoms with E-state index in [1.165, 1.54) is 11.3 Å². The average molecular weight is 248 g/mol. The minimum Gasteiger partial charge on any atom is -0.447 e. The molecule has 0 saturated carbocycles. The second-order valence-electron chi connectivity index (χ2n) is 4.71. The number of aromatic nitrogens is 2. The first-order valence-corrected chi connectivity index (χ1v) is 6.22. The molecule has 2 fully saturated rings. The standard InChI is InChI=1S/C12H16N4O2/c1-15-4-2-3-10(15)9-7-13-8-11(14-9)16-5-6-18-12(16)17/h7-8,10H,2-6H2,1H3. The van der Waals surface area contributed by atoms with E-state index in [0.717, 1.165) is 18.7 Å². The van der Waals surface area contributed by atoms with E-state index in [0.29, 0.717) is 25.0 Å². The van der Waals surface area contributed by atoms with E-state index in [4.69, 9.17) is 4.74 Å². The van der Waals surface area contributed by atoms with Crippen LogP contribution in [-0.4, -0.2) is 47.7 Å². The summed E-state index contributed by atoms with van der Waals surface area (Å²) in [4.78, 5) is 24.1. The summed E-state index contributed by atoms with van der Waals surface area (Å²) < 4.78 is 4.92. The highest BCUT2D eigenvalue weighted by Crippen LogP contribution is 2.29. The fourth-order valence-electron chi connectivity index (χ4n) is 2.55. The molecule has 1 atom stereocenters. The van der Waals surface area contributed by atoms with Crippen LogP contribution in [0.5, 0.6) is 0 Å². The van der Waals surface area contributed by atoms with Crippen molar-refractivity contribution < 1.29 is 9.53 Å². The van der Waals surface area contributed by atoms with Crippen molar-refractivity contribution in [2.75, 3.05) is 31.6 Å². The van der Waals surface area contributed by atoms with E-state index in [2.05, 4.69) is 21.9 Å². The second-order valence-corrected chi connectivity index (χ2v) is 4.71. The van der Waals surface area contributed by atoms with E-state index in [9.17, 15) is 4.79 Å². The summed E-state index contributed by atoms with van der Waals surface area (Å²) >= 11 is 0. The van der Waals surface area contributed by atoms with Crippen LogP contribution < -0.4 is 4.90 Å². The molecule has 2 aliphatic rings. The van der Waals surface area contributed by atoms with Gasteiger partial charge in [-0.3, -0.25) is 14.8 Å². The van der Waals surface area contributed by atoms with Crippen molar-refractivity contribution in [1.29, 1.82) is 0 Å². The highest BCUT2D eigenvalue weighted by molar-refractivity contribution is 5.87. The summed E-state index contributed by atoms with van der Waals surface area (Å²) in [5.74, 6) is 0.593. The number of carbonyl (C=O) groups excluding carboxylic acids is 1. The predicted molar refractivity (Wildman–Crippen MR) is 65.3 cm³/mol. The lowest BCUT2D eigenvalue weighted by Gasteiger charge is -2.20. The molecule has 0 spiro atoms. The van der Waals surface area contributed by atoms with Gasteiger partial charge in [-0.25, -0.2) is 9.78 Å². The number of nitrogens with zero attached hydrogens (tertiary/aromatic N) is 4. The number of likely N-dealkylation sites (tertiary alicyclic amines) is 1. The topological polar surface area (TPSA) is 58.6 Å². The Morgan fingerprint density at radius 3 is 2.94 bits per heavy atom. The number of hydrogen-bond acceptors (Lipinski definition) is 5. The van der Waals surface area contributed by atoms with Gasteiger partial charge in [0.15, 0.2) is 5.82 Å².